The van der Waals surface area contributed by atoms with Gasteiger partial charge in [-0.05, 0) is 31.4 Å². The minimum atomic E-state index is -0.0748. The van der Waals surface area contributed by atoms with E-state index in [1.165, 1.54) is 19.0 Å². The third kappa shape index (κ3) is 3.42. The van der Waals surface area contributed by atoms with Gasteiger partial charge in [-0.25, -0.2) is 10.8 Å². The number of anilines is 1. The van der Waals surface area contributed by atoms with E-state index in [9.17, 15) is 4.79 Å². The smallest absolute Gasteiger partial charge is 0.253 e. The highest BCUT2D eigenvalue weighted by molar-refractivity contribution is 5.94. The van der Waals surface area contributed by atoms with Gasteiger partial charge in [-0.15, -0.1) is 0 Å². The van der Waals surface area contributed by atoms with E-state index in [4.69, 9.17) is 5.84 Å². The van der Waals surface area contributed by atoms with Gasteiger partial charge in [0.15, 0.2) is 0 Å². The summed E-state index contributed by atoms with van der Waals surface area (Å²) in [4.78, 5) is 15.9. The summed E-state index contributed by atoms with van der Waals surface area (Å²) < 4.78 is 0. The van der Waals surface area contributed by atoms with E-state index < -0.39 is 0 Å². The Labute approximate surface area is 101 Å². The number of nitrogen functional groups attached to an aromatic ring is 1. The number of hydrazine groups is 1. The summed E-state index contributed by atoms with van der Waals surface area (Å²) in [6.07, 6.45) is 5.20. The molecule has 17 heavy (non-hydrogen) atoms. The molecular weight excluding hydrogens is 216 g/mol. The first-order valence-corrected chi connectivity index (χ1v) is 5.92. The van der Waals surface area contributed by atoms with Gasteiger partial charge in [0.25, 0.3) is 5.91 Å². The van der Waals surface area contributed by atoms with Crippen molar-refractivity contribution in [1.29, 1.82) is 0 Å². The molecule has 0 bridgehead atoms. The van der Waals surface area contributed by atoms with Gasteiger partial charge in [0.1, 0.15) is 5.82 Å². The van der Waals surface area contributed by atoms with E-state index in [1.54, 1.807) is 12.1 Å². The molecular formula is C12H18N4O. The number of hydrogen-bond acceptors (Lipinski definition) is 4. The number of pyridine rings is 1. The Morgan fingerprint density at radius 3 is 2.88 bits per heavy atom. The molecule has 1 aromatic heterocycles. The number of nitrogens with two attached hydrogens (primary N) is 1. The molecule has 2 rings (SSSR count). The van der Waals surface area contributed by atoms with Crippen LogP contribution in [0.25, 0.3) is 0 Å². The van der Waals surface area contributed by atoms with Crippen molar-refractivity contribution < 1.29 is 4.79 Å². The monoisotopic (exact) mass is 234 g/mol. The first-order valence-electron chi connectivity index (χ1n) is 5.92. The fourth-order valence-corrected chi connectivity index (χ4v) is 1.83. The molecule has 1 amide bonds. The van der Waals surface area contributed by atoms with Crippen molar-refractivity contribution in [2.75, 3.05) is 5.43 Å². The molecule has 92 valence electrons. The highest BCUT2D eigenvalue weighted by Crippen LogP contribution is 2.33. The molecule has 1 heterocycles. The zero-order chi connectivity index (χ0) is 12.3. The molecule has 0 radical (unpaired) electrons. The quantitative estimate of drug-likeness (QED) is 0.529. The Bertz CT molecular complexity index is 386. The number of nitrogens with zero attached hydrogens (tertiary/aromatic N) is 1. The number of amides is 1. The van der Waals surface area contributed by atoms with Crippen LogP contribution in [0.1, 0.15) is 36.5 Å². The molecule has 5 nitrogen and oxygen atoms in total. The zero-order valence-corrected chi connectivity index (χ0v) is 9.94. The molecule has 0 aliphatic heterocycles. The van der Waals surface area contributed by atoms with Crippen LogP contribution in [0.15, 0.2) is 18.3 Å². The molecule has 1 aliphatic carbocycles. The molecule has 1 saturated carbocycles. The van der Waals surface area contributed by atoms with Crippen LogP contribution >= 0.6 is 0 Å². The van der Waals surface area contributed by atoms with Crippen molar-refractivity contribution >= 4 is 11.7 Å². The van der Waals surface area contributed by atoms with Gasteiger partial charge in [0, 0.05) is 12.2 Å². The van der Waals surface area contributed by atoms with Gasteiger partial charge < -0.3 is 10.7 Å². The number of carbonyl (C=O) groups is 1. The topological polar surface area (TPSA) is 80.0 Å². The average Bonchev–Trinajstić information content (AvgIpc) is 3.12. The number of rotatable bonds is 5. The van der Waals surface area contributed by atoms with E-state index in [0.717, 1.165) is 12.3 Å². The van der Waals surface area contributed by atoms with Gasteiger partial charge >= 0.3 is 0 Å². The Balaban J connectivity index is 1.88. The molecule has 1 fully saturated rings. The second kappa shape index (κ2) is 5.14. The van der Waals surface area contributed by atoms with Crippen molar-refractivity contribution in [3.05, 3.63) is 23.9 Å². The Morgan fingerprint density at radius 1 is 1.59 bits per heavy atom. The van der Waals surface area contributed by atoms with Crippen LogP contribution in [-0.2, 0) is 0 Å². The van der Waals surface area contributed by atoms with Gasteiger partial charge in [-0.2, -0.15) is 0 Å². The minimum absolute atomic E-state index is 0.0748. The van der Waals surface area contributed by atoms with Crippen LogP contribution < -0.4 is 16.6 Å². The van der Waals surface area contributed by atoms with Crippen LogP contribution in [0.3, 0.4) is 0 Å². The lowest BCUT2D eigenvalue weighted by Gasteiger charge is -2.13. The van der Waals surface area contributed by atoms with Crippen LogP contribution in [0.2, 0.25) is 0 Å². The van der Waals surface area contributed by atoms with Crippen LogP contribution in [0.5, 0.6) is 0 Å². The zero-order valence-electron chi connectivity index (χ0n) is 9.94. The standard InChI is InChI=1S/C12H18N4O/c1-8(6-9-2-3-9)15-12(17)10-4-5-11(16-13)14-7-10/h4-5,7-9H,2-3,6,13H2,1H3,(H,14,16)(H,15,17). The van der Waals surface area contributed by atoms with Crippen molar-refractivity contribution in [3.8, 4) is 0 Å². The molecule has 5 heteroatoms. The van der Waals surface area contributed by atoms with Crippen molar-refractivity contribution in [3.63, 3.8) is 0 Å². The number of carbonyl (C=O) groups excluding carboxylic acids is 1. The molecule has 0 aromatic carbocycles. The maximum atomic E-state index is 11.9. The van der Waals surface area contributed by atoms with Gasteiger partial charge in [0.05, 0.1) is 5.56 Å². The fourth-order valence-electron chi connectivity index (χ4n) is 1.83. The third-order valence-electron chi connectivity index (χ3n) is 2.93. The maximum absolute atomic E-state index is 11.9. The molecule has 1 atom stereocenters. The lowest BCUT2D eigenvalue weighted by atomic mass is 10.1. The third-order valence-corrected chi connectivity index (χ3v) is 2.93. The summed E-state index contributed by atoms with van der Waals surface area (Å²) in [6, 6.07) is 3.62. The molecule has 1 aliphatic rings. The Hall–Kier alpha value is -1.62. The Kier molecular flexibility index (Phi) is 3.58. The average molecular weight is 234 g/mol. The molecule has 0 saturated heterocycles. The summed E-state index contributed by atoms with van der Waals surface area (Å²) >= 11 is 0. The van der Waals surface area contributed by atoms with Crippen molar-refractivity contribution in [1.82, 2.24) is 10.3 Å². The van der Waals surface area contributed by atoms with Crippen molar-refractivity contribution in [2.45, 2.75) is 32.2 Å². The summed E-state index contributed by atoms with van der Waals surface area (Å²) in [5.74, 6) is 6.49. The maximum Gasteiger partial charge on any atom is 0.253 e. The highest BCUT2D eigenvalue weighted by atomic mass is 16.1. The van der Waals surface area contributed by atoms with Crippen molar-refractivity contribution in [2.24, 2.45) is 11.8 Å². The first-order chi connectivity index (χ1) is 8.19. The van der Waals surface area contributed by atoms with Gasteiger partial charge in [0.2, 0.25) is 0 Å². The van der Waals surface area contributed by atoms with E-state index in [1.807, 2.05) is 6.92 Å². The molecule has 4 N–H and O–H groups in total. The summed E-state index contributed by atoms with van der Waals surface area (Å²) in [5, 5.41) is 2.97. The van der Waals surface area contributed by atoms with Crippen LogP contribution in [-0.4, -0.2) is 16.9 Å². The predicted octanol–water partition coefficient (Wildman–Crippen LogP) is 1.29. The van der Waals surface area contributed by atoms with E-state index in [-0.39, 0.29) is 11.9 Å². The molecule has 1 aromatic rings. The lowest BCUT2D eigenvalue weighted by Crippen LogP contribution is -2.32. The first kappa shape index (κ1) is 11.9. The van der Waals surface area contributed by atoms with Gasteiger partial charge in [-0.3, -0.25) is 4.79 Å². The second-order valence-corrected chi connectivity index (χ2v) is 4.63. The van der Waals surface area contributed by atoms with E-state index in [0.29, 0.717) is 11.4 Å². The van der Waals surface area contributed by atoms with Gasteiger partial charge in [-0.1, -0.05) is 12.8 Å². The minimum Gasteiger partial charge on any atom is -0.350 e. The summed E-state index contributed by atoms with van der Waals surface area (Å²) in [5.41, 5.74) is 2.99. The SMILES string of the molecule is CC(CC1CC1)NC(=O)c1ccc(NN)nc1. The molecule has 1 unspecified atom stereocenters. The predicted molar refractivity (Wildman–Crippen MR) is 66.3 cm³/mol. The Morgan fingerprint density at radius 2 is 2.35 bits per heavy atom. The summed E-state index contributed by atoms with van der Waals surface area (Å²) in [6.45, 7) is 2.04. The number of nitrogens with one attached hydrogen (secondary N) is 2. The molecule has 0 spiro atoms. The largest absolute Gasteiger partial charge is 0.350 e. The van der Waals surface area contributed by atoms with E-state index >= 15 is 0 Å². The second-order valence-electron chi connectivity index (χ2n) is 4.63. The highest BCUT2D eigenvalue weighted by Gasteiger charge is 2.24. The lowest BCUT2D eigenvalue weighted by molar-refractivity contribution is 0.0937. The number of hydrogen-bond donors (Lipinski definition) is 3. The van der Waals surface area contributed by atoms with Crippen LogP contribution in [0.4, 0.5) is 5.82 Å². The number of aromatic nitrogens is 1. The van der Waals surface area contributed by atoms with E-state index in [2.05, 4.69) is 15.7 Å². The fraction of sp³-hybridized carbons (Fsp3) is 0.500. The summed E-state index contributed by atoms with van der Waals surface area (Å²) in [7, 11) is 0. The normalized spacial score (nSPS) is 16.4. The van der Waals surface area contributed by atoms with Crippen LogP contribution in [0, 0.1) is 5.92 Å².